The lowest BCUT2D eigenvalue weighted by Crippen LogP contribution is -2.31. The number of hydrogen-bond donors (Lipinski definition) is 6. The SMILES string of the molecule is [N-]=[N+]=NCc1cc([N+](=O)[O-])ccc1C(=O)O[C@@H]1C[C@H](n2cnc3c(=O)[nH]c(N)nc32)O[C@@H]1COP(=O)(O)OP(=O)(O)OP(=O)(O)O. The monoisotopic (exact) mass is 711 g/mol. The van der Waals surface area contributed by atoms with Crippen LogP contribution in [0.2, 0.25) is 0 Å². The number of aromatic amines is 1. The number of nitro groups is 1. The first kappa shape index (κ1) is 34.8. The number of nitrogen functional groups attached to an aromatic ring is 1. The van der Waals surface area contributed by atoms with Crippen molar-refractivity contribution in [2.75, 3.05) is 12.3 Å². The van der Waals surface area contributed by atoms with E-state index in [2.05, 4.69) is 38.1 Å². The maximum Gasteiger partial charge on any atom is 0.490 e. The molecule has 1 aliphatic heterocycles. The van der Waals surface area contributed by atoms with Crippen molar-refractivity contribution in [2.45, 2.75) is 31.4 Å². The number of fused-ring (bicyclic) bond motifs is 1. The number of nitrogens with one attached hydrogen (secondary N) is 1. The van der Waals surface area contributed by atoms with Crippen molar-refractivity contribution >= 4 is 52.2 Å². The Bertz CT molecular complexity index is 1940. The number of esters is 1. The van der Waals surface area contributed by atoms with Crippen molar-refractivity contribution in [2.24, 2.45) is 5.11 Å². The Morgan fingerprint density at radius 1 is 1.26 bits per heavy atom. The molecule has 28 heteroatoms. The minimum absolute atomic E-state index is 0.0862. The van der Waals surface area contributed by atoms with Crippen LogP contribution in [-0.4, -0.2) is 68.8 Å². The van der Waals surface area contributed by atoms with Gasteiger partial charge in [-0.3, -0.25) is 29.0 Å². The smallest absolute Gasteiger partial charge is 0.456 e. The number of aromatic nitrogens is 4. The molecule has 0 radical (unpaired) electrons. The maximum atomic E-state index is 13.2. The molecule has 1 aromatic carbocycles. The zero-order valence-electron chi connectivity index (χ0n) is 22.4. The van der Waals surface area contributed by atoms with Crippen LogP contribution in [0.5, 0.6) is 0 Å². The molecule has 1 fully saturated rings. The quantitative estimate of drug-likeness (QED) is 0.0276. The highest BCUT2D eigenvalue weighted by Gasteiger charge is 2.44. The summed E-state index contributed by atoms with van der Waals surface area (Å²) in [4.78, 5) is 85.3. The summed E-state index contributed by atoms with van der Waals surface area (Å²) in [5.74, 6) is -1.43. The second-order valence-electron chi connectivity index (χ2n) is 8.96. The number of ether oxygens (including phenoxy) is 2. The van der Waals surface area contributed by atoms with Crippen molar-refractivity contribution in [1.29, 1.82) is 0 Å². The Kier molecular flexibility index (Phi) is 10.1. The van der Waals surface area contributed by atoms with E-state index in [0.717, 1.165) is 24.5 Å². The fraction of sp³-hybridized carbons (Fsp3) is 0.333. The Hall–Kier alpha value is -4.08. The average Bonchev–Trinajstić information content (AvgIpc) is 3.52. The summed E-state index contributed by atoms with van der Waals surface area (Å²) < 4.78 is 59.4. The fourth-order valence-electron chi connectivity index (χ4n) is 4.10. The van der Waals surface area contributed by atoms with E-state index in [1.54, 1.807) is 0 Å². The molecular formula is C18H20N9O16P3. The number of nitrogens with two attached hydrogens (primary N) is 1. The van der Waals surface area contributed by atoms with Gasteiger partial charge in [0.25, 0.3) is 11.2 Å². The van der Waals surface area contributed by atoms with Crippen LogP contribution in [0.3, 0.4) is 0 Å². The van der Waals surface area contributed by atoms with Gasteiger partial charge in [-0.25, -0.2) is 23.5 Å². The molecule has 4 rings (SSSR count). The fourth-order valence-corrected chi connectivity index (χ4v) is 7.13. The van der Waals surface area contributed by atoms with E-state index >= 15 is 0 Å². The number of benzene rings is 1. The molecule has 0 amide bonds. The van der Waals surface area contributed by atoms with E-state index in [1.165, 1.54) is 4.57 Å². The van der Waals surface area contributed by atoms with Gasteiger partial charge in [-0.1, -0.05) is 5.11 Å². The molecule has 0 aliphatic carbocycles. The second kappa shape index (κ2) is 13.3. The molecule has 0 saturated carbocycles. The lowest BCUT2D eigenvalue weighted by molar-refractivity contribution is -0.384. The Morgan fingerprint density at radius 3 is 2.63 bits per heavy atom. The van der Waals surface area contributed by atoms with Crippen LogP contribution in [0.4, 0.5) is 11.6 Å². The van der Waals surface area contributed by atoms with E-state index in [1.807, 2.05) is 0 Å². The van der Waals surface area contributed by atoms with E-state index in [-0.39, 0.29) is 34.7 Å². The number of azide groups is 1. The molecule has 2 unspecified atom stereocenters. The number of carbonyl (C=O) groups excluding carboxylic acids is 1. The third-order valence-corrected chi connectivity index (χ3v) is 9.64. The number of rotatable bonds is 13. The van der Waals surface area contributed by atoms with Gasteiger partial charge in [-0.2, -0.15) is 13.6 Å². The van der Waals surface area contributed by atoms with Crippen LogP contribution in [0, 0.1) is 10.1 Å². The summed E-state index contributed by atoms with van der Waals surface area (Å²) in [6, 6.07) is 2.97. The normalized spacial score (nSPS) is 20.8. The number of nitro benzene ring substituents is 1. The Balaban J connectivity index is 1.63. The van der Waals surface area contributed by atoms with Crippen LogP contribution >= 0.6 is 23.5 Å². The third-order valence-electron chi connectivity index (χ3n) is 5.84. The number of carbonyl (C=O) groups is 1. The first-order valence-electron chi connectivity index (χ1n) is 12.0. The van der Waals surface area contributed by atoms with E-state index in [4.69, 9.17) is 30.5 Å². The van der Waals surface area contributed by atoms with Crippen molar-refractivity contribution in [3.8, 4) is 0 Å². The van der Waals surface area contributed by atoms with E-state index < -0.39 is 77.2 Å². The predicted molar refractivity (Wildman–Crippen MR) is 146 cm³/mol. The number of anilines is 1. The summed E-state index contributed by atoms with van der Waals surface area (Å²) in [6.45, 7) is -1.54. The molecular weight excluding hydrogens is 691 g/mol. The van der Waals surface area contributed by atoms with Crippen LogP contribution in [0.25, 0.3) is 21.6 Å². The maximum absolute atomic E-state index is 13.2. The number of H-pyrrole nitrogens is 1. The molecule has 2 aromatic heterocycles. The zero-order valence-corrected chi connectivity index (χ0v) is 25.1. The number of non-ortho nitro benzene ring substituents is 1. The van der Waals surface area contributed by atoms with Crippen molar-refractivity contribution in [3.05, 3.63) is 66.6 Å². The molecule has 0 bridgehead atoms. The highest BCUT2D eigenvalue weighted by Crippen LogP contribution is 2.66. The second-order valence-corrected chi connectivity index (χ2v) is 13.4. The number of nitrogens with zero attached hydrogens (tertiary/aromatic N) is 7. The topological polar surface area (TPSA) is 377 Å². The third kappa shape index (κ3) is 8.59. The summed E-state index contributed by atoms with van der Waals surface area (Å²) in [5, 5.41) is 14.5. The first-order chi connectivity index (χ1) is 21.4. The highest BCUT2D eigenvalue weighted by atomic mass is 31.3. The number of imidazole rings is 1. The highest BCUT2D eigenvalue weighted by molar-refractivity contribution is 7.66. The molecule has 3 aromatic rings. The molecule has 7 N–H and O–H groups in total. The molecule has 248 valence electrons. The number of phosphoric acid groups is 3. The zero-order chi connectivity index (χ0) is 34.0. The van der Waals surface area contributed by atoms with Crippen LogP contribution in [0.15, 0.2) is 34.4 Å². The van der Waals surface area contributed by atoms with Gasteiger partial charge in [0.05, 0.1) is 30.0 Å². The van der Waals surface area contributed by atoms with Gasteiger partial charge in [-0.05, 0) is 17.2 Å². The van der Waals surface area contributed by atoms with Gasteiger partial charge in [-0.15, -0.1) is 0 Å². The molecule has 0 spiro atoms. The Morgan fingerprint density at radius 2 is 1.98 bits per heavy atom. The van der Waals surface area contributed by atoms with Gasteiger partial charge in [0.1, 0.15) is 18.4 Å². The summed E-state index contributed by atoms with van der Waals surface area (Å²) in [5.41, 5.74) is 12.5. The van der Waals surface area contributed by atoms with Gasteiger partial charge in [0, 0.05) is 23.5 Å². The van der Waals surface area contributed by atoms with Crippen molar-refractivity contribution < 1.29 is 65.6 Å². The first-order valence-corrected chi connectivity index (χ1v) is 16.6. The minimum atomic E-state index is -5.86. The van der Waals surface area contributed by atoms with E-state index in [9.17, 15) is 43.2 Å². The van der Waals surface area contributed by atoms with Gasteiger partial charge in [0.2, 0.25) is 5.95 Å². The predicted octanol–water partition coefficient (Wildman–Crippen LogP) is 1.28. The van der Waals surface area contributed by atoms with Gasteiger partial charge >= 0.3 is 29.4 Å². The molecule has 25 nitrogen and oxygen atoms in total. The van der Waals surface area contributed by atoms with Gasteiger partial charge in [0.15, 0.2) is 11.2 Å². The Labute approximate surface area is 253 Å². The number of phosphoric ester groups is 1. The lowest BCUT2D eigenvalue weighted by atomic mass is 10.1. The molecule has 46 heavy (non-hydrogen) atoms. The van der Waals surface area contributed by atoms with Crippen molar-refractivity contribution in [1.82, 2.24) is 19.5 Å². The van der Waals surface area contributed by atoms with Crippen molar-refractivity contribution in [3.63, 3.8) is 0 Å². The van der Waals surface area contributed by atoms with E-state index in [0.29, 0.717) is 0 Å². The molecule has 3 heterocycles. The lowest BCUT2D eigenvalue weighted by Gasteiger charge is -2.21. The summed E-state index contributed by atoms with van der Waals surface area (Å²) in [6.07, 6.45) is -3.30. The average molecular weight is 711 g/mol. The van der Waals surface area contributed by atoms with Crippen LogP contribution in [-0.2, 0) is 42.9 Å². The van der Waals surface area contributed by atoms with Gasteiger partial charge < -0.3 is 34.8 Å². The number of hydrogen-bond acceptors (Lipinski definition) is 16. The van der Waals surface area contributed by atoms with Crippen LogP contribution < -0.4 is 11.3 Å². The van der Waals surface area contributed by atoms with Crippen LogP contribution in [0.1, 0.15) is 28.6 Å². The molecule has 5 atom stereocenters. The standard InChI is InChI=1S/C18H20N9O16P3/c19-18-23-15-14(16(28)24-18)21-7-26(15)13-4-11(12(40-13)6-39-45(35,36)43-46(37,38)42-44(32,33)34)41-17(29)10-2-1-9(27(30)31)3-8(10)5-22-25-20/h1-3,7,11-13H,4-6H2,(H,35,36)(H,37,38)(H2,32,33,34)(H3,19,23,24,28)/t11-,12-,13-/m1/s1. The summed E-state index contributed by atoms with van der Waals surface area (Å²) in [7, 11) is -17.2. The largest absolute Gasteiger partial charge is 0.490 e. The molecule has 1 aliphatic rings. The summed E-state index contributed by atoms with van der Waals surface area (Å²) >= 11 is 0. The molecule has 1 saturated heterocycles. The minimum Gasteiger partial charge on any atom is -0.456 e.